The van der Waals surface area contributed by atoms with Gasteiger partial charge in [-0.25, -0.2) is 9.67 Å². The third-order valence-corrected chi connectivity index (χ3v) is 7.53. The normalized spacial score (nSPS) is 16.4. The van der Waals surface area contributed by atoms with Gasteiger partial charge >= 0.3 is 0 Å². The molecule has 0 atom stereocenters. The van der Waals surface area contributed by atoms with Gasteiger partial charge in [0.05, 0.1) is 5.39 Å². The van der Waals surface area contributed by atoms with Crippen LogP contribution in [0, 0.1) is 19.8 Å². The average Bonchev–Trinajstić information content (AvgIpc) is 3.41. The third-order valence-electron chi connectivity index (χ3n) is 7.53. The second kappa shape index (κ2) is 9.52. The summed E-state index contributed by atoms with van der Waals surface area (Å²) in [6.07, 6.45) is 4.42. The van der Waals surface area contributed by atoms with Crippen molar-refractivity contribution in [2.45, 2.75) is 39.8 Å². The van der Waals surface area contributed by atoms with Crippen LogP contribution in [0.3, 0.4) is 0 Å². The summed E-state index contributed by atoms with van der Waals surface area (Å²) in [4.78, 5) is 12.0. The van der Waals surface area contributed by atoms with Crippen LogP contribution in [-0.2, 0) is 20.1 Å². The number of hydrogen-bond donors (Lipinski definition) is 3. The lowest BCUT2D eigenvalue weighted by atomic mass is 9.98. The van der Waals surface area contributed by atoms with Crippen LogP contribution in [0.4, 0.5) is 23.1 Å². The van der Waals surface area contributed by atoms with Crippen LogP contribution in [0.25, 0.3) is 11.0 Å². The molecule has 0 radical (unpaired) electrons. The first-order chi connectivity index (χ1) is 17.5. The molecule has 8 nitrogen and oxygen atoms in total. The van der Waals surface area contributed by atoms with Crippen molar-refractivity contribution in [1.82, 2.24) is 30.0 Å². The molecule has 186 valence electrons. The zero-order valence-electron chi connectivity index (χ0n) is 21.3. The first-order valence-corrected chi connectivity index (χ1v) is 12.9. The fourth-order valence-electron chi connectivity index (χ4n) is 5.55. The van der Waals surface area contributed by atoms with Crippen LogP contribution < -0.4 is 16.0 Å². The van der Waals surface area contributed by atoms with Gasteiger partial charge in [-0.15, -0.1) is 0 Å². The lowest BCUT2D eigenvalue weighted by Gasteiger charge is -2.27. The largest absolute Gasteiger partial charge is 0.338 e. The molecule has 4 aromatic rings. The summed E-state index contributed by atoms with van der Waals surface area (Å²) < 4.78 is 1.81. The molecule has 4 heterocycles. The number of hydrogen-bond acceptors (Lipinski definition) is 7. The van der Waals surface area contributed by atoms with Gasteiger partial charge in [-0.1, -0.05) is 24.3 Å². The molecule has 2 aliphatic rings. The summed E-state index contributed by atoms with van der Waals surface area (Å²) in [6.45, 7) is 9.77. The van der Waals surface area contributed by atoms with E-state index in [-0.39, 0.29) is 0 Å². The number of aromatic nitrogens is 4. The predicted molar refractivity (Wildman–Crippen MR) is 145 cm³/mol. The fraction of sp³-hybridized carbons (Fsp3) is 0.393. The number of para-hydroxylation sites is 1. The summed E-state index contributed by atoms with van der Waals surface area (Å²) in [7, 11) is 1.92. The lowest BCUT2D eigenvalue weighted by Crippen LogP contribution is -2.34. The van der Waals surface area contributed by atoms with Crippen molar-refractivity contribution < 1.29 is 0 Å². The molecule has 8 heteroatoms. The maximum absolute atomic E-state index is 4.78. The molecule has 1 fully saturated rings. The molecule has 0 aliphatic carbocycles. The van der Waals surface area contributed by atoms with E-state index in [0.717, 1.165) is 60.3 Å². The van der Waals surface area contributed by atoms with E-state index >= 15 is 0 Å². The highest BCUT2D eigenvalue weighted by Crippen LogP contribution is 2.30. The molecule has 0 spiro atoms. The van der Waals surface area contributed by atoms with E-state index < -0.39 is 0 Å². The SMILES string of the molecule is Cc1cccc(C)c1Nc1nn(C)c2nc(Nc3ccc4c(c3)CN(CC3CCNCC3)C4)ncc12. The molecule has 36 heavy (non-hydrogen) atoms. The molecule has 0 unspecified atom stereocenters. The number of rotatable bonds is 6. The Morgan fingerprint density at radius 3 is 2.58 bits per heavy atom. The number of benzene rings is 2. The molecule has 1 saturated heterocycles. The van der Waals surface area contributed by atoms with E-state index in [4.69, 9.17) is 4.98 Å². The Morgan fingerprint density at radius 2 is 1.78 bits per heavy atom. The minimum absolute atomic E-state index is 0.577. The number of aryl methyl sites for hydroxylation is 3. The standard InChI is InChI=1S/C28H34N8/c1-18-5-4-6-19(2)25(18)32-26-24-14-30-28(33-27(24)35(3)34-26)31-23-8-7-21-16-36(17-22(21)13-23)15-20-9-11-29-12-10-20/h4-8,13-14,20,29H,9-12,15-17H2,1-3H3,(H,32,34)(H,30,31,33). The van der Waals surface area contributed by atoms with E-state index in [1.165, 1.54) is 41.6 Å². The highest BCUT2D eigenvalue weighted by molar-refractivity contribution is 5.90. The lowest BCUT2D eigenvalue weighted by molar-refractivity contribution is 0.208. The predicted octanol–water partition coefficient (Wildman–Crippen LogP) is 4.78. The minimum atomic E-state index is 0.577. The van der Waals surface area contributed by atoms with E-state index in [0.29, 0.717) is 5.95 Å². The van der Waals surface area contributed by atoms with Gasteiger partial charge in [0.2, 0.25) is 5.95 Å². The van der Waals surface area contributed by atoms with Gasteiger partial charge in [-0.3, -0.25) is 4.90 Å². The zero-order valence-corrected chi connectivity index (χ0v) is 21.3. The second-order valence-electron chi connectivity index (χ2n) is 10.3. The Kier molecular flexibility index (Phi) is 6.07. The Labute approximate surface area is 212 Å². The number of anilines is 4. The van der Waals surface area contributed by atoms with Crippen molar-refractivity contribution in [3.63, 3.8) is 0 Å². The number of fused-ring (bicyclic) bond motifs is 2. The Morgan fingerprint density at radius 1 is 1.00 bits per heavy atom. The van der Waals surface area contributed by atoms with Crippen molar-refractivity contribution >= 4 is 34.2 Å². The molecule has 0 saturated carbocycles. The Hall–Kier alpha value is -3.49. The van der Waals surface area contributed by atoms with Gasteiger partial charge in [0.25, 0.3) is 0 Å². The molecule has 0 amide bonds. The topological polar surface area (TPSA) is 82.9 Å². The van der Waals surface area contributed by atoms with E-state index in [2.05, 4.69) is 81.2 Å². The quantitative estimate of drug-likeness (QED) is 0.365. The average molecular weight is 483 g/mol. The molecule has 3 N–H and O–H groups in total. The maximum atomic E-state index is 4.78. The van der Waals surface area contributed by atoms with Crippen molar-refractivity contribution in [1.29, 1.82) is 0 Å². The summed E-state index contributed by atoms with van der Waals surface area (Å²) in [5.41, 5.74) is 8.07. The van der Waals surface area contributed by atoms with Gasteiger partial charge in [0.1, 0.15) is 0 Å². The smallest absolute Gasteiger partial charge is 0.229 e. The maximum Gasteiger partial charge on any atom is 0.229 e. The Bertz CT molecular complexity index is 1380. The summed E-state index contributed by atoms with van der Waals surface area (Å²) >= 11 is 0. The molecule has 2 aromatic carbocycles. The van der Waals surface area contributed by atoms with E-state index in [1.54, 1.807) is 4.68 Å². The molecule has 6 rings (SSSR count). The van der Waals surface area contributed by atoms with Gasteiger partial charge in [-0.05, 0) is 80.1 Å². The van der Waals surface area contributed by atoms with Crippen LogP contribution >= 0.6 is 0 Å². The van der Waals surface area contributed by atoms with Crippen LogP contribution in [-0.4, -0.2) is 44.3 Å². The number of nitrogens with one attached hydrogen (secondary N) is 3. The van der Waals surface area contributed by atoms with Crippen LogP contribution in [0.5, 0.6) is 0 Å². The first kappa shape index (κ1) is 22.9. The summed E-state index contributed by atoms with van der Waals surface area (Å²) in [6, 6.07) is 12.9. The molecule has 0 bridgehead atoms. The van der Waals surface area contributed by atoms with Gasteiger partial charge in [0.15, 0.2) is 11.5 Å². The fourth-order valence-corrected chi connectivity index (χ4v) is 5.55. The second-order valence-corrected chi connectivity index (χ2v) is 10.3. The van der Waals surface area contributed by atoms with Crippen LogP contribution in [0.15, 0.2) is 42.6 Å². The van der Waals surface area contributed by atoms with E-state index in [9.17, 15) is 0 Å². The highest BCUT2D eigenvalue weighted by atomic mass is 15.3. The minimum Gasteiger partial charge on any atom is -0.338 e. The third kappa shape index (κ3) is 4.54. The van der Waals surface area contributed by atoms with Gasteiger partial charge < -0.3 is 16.0 Å². The monoisotopic (exact) mass is 482 g/mol. The van der Waals surface area contributed by atoms with Gasteiger partial charge in [-0.2, -0.15) is 10.1 Å². The first-order valence-electron chi connectivity index (χ1n) is 12.9. The number of piperidine rings is 1. The van der Waals surface area contributed by atoms with Crippen molar-refractivity contribution in [3.05, 3.63) is 64.8 Å². The van der Waals surface area contributed by atoms with Crippen molar-refractivity contribution in [2.24, 2.45) is 13.0 Å². The molecular weight excluding hydrogens is 448 g/mol. The molecular formula is C28H34N8. The van der Waals surface area contributed by atoms with E-state index in [1.807, 2.05) is 13.2 Å². The van der Waals surface area contributed by atoms with Crippen molar-refractivity contribution in [2.75, 3.05) is 30.3 Å². The number of nitrogens with zero attached hydrogens (tertiary/aromatic N) is 5. The highest BCUT2D eigenvalue weighted by Gasteiger charge is 2.23. The van der Waals surface area contributed by atoms with Gasteiger partial charge in [0, 0.05) is 44.3 Å². The summed E-state index contributed by atoms with van der Waals surface area (Å²) in [5.74, 6) is 2.16. The van der Waals surface area contributed by atoms with Crippen LogP contribution in [0.2, 0.25) is 0 Å². The van der Waals surface area contributed by atoms with Crippen molar-refractivity contribution in [3.8, 4) is 0 Å². The zero-order chi connectivity index (χ0) is 24.6. The Balaban J connectivity index is 1.18. The molecule has 2 aromatic heterocycles. The molecule has 2 aliphatic heterocycles. The van der Waals surface area contributed by atoms with Crippen LogP contribution in [0.1, 0.15) is 35.1 Å². The summed E-state index contributed by atoms with van der Waals surface area (Å²) in [5, 5.41) is 16.0.